The number of hydrogen-bond donors (Lipinski definition) is 1. The molecule has 0 aliphatic carbocycles. The summed E-state index contributed by atoms with van der Waals surface area (Å²) in [5.41, 5.74) is 0.807. The van der Waals surface area contributed by atoms with Crippen LogP contribution in [0.2, 0.25) is 0 Å². The molecule has 3 rings (SSSR count). The molecule has 1 atom stereocenters. The quantitative estimate of drug-likeness (QED) is 0.850. The maximum Gasteiger partial charge on any atom is 0.252 e. The number of benzene rings is 1. The number of rotatable bonds is 4. The van der Waals surface area contributed by atoms with E-state index in [1.807, 2.05) is 30.5 Å². The molecule has 2 heterocycles. The summed E-state index contributed by atoms with van der Waals surface area (Å²) < 4.78 is 0. The number of carbonyl (C=O) groups excluding carboxylic acids is 1. The van der Waals surface area contributed by atoms with E-state index in [1.165, 1.54) is 38.9 Å². The van der Waals surface area contributed by atoms with Crippen LogP contribution >= 0.6 is 11.8 Å². The first-order valence-electron chi connectivity index (χ1n) is 9.04. The number of thioether (sulfide) groups is 1. The second kappa shape index (κ2) is 8.37. The topological polar surface area (TPSA) is 35.6 Å². The Labute approximate surface area is 150 Å². The highest BCUT2D eigenvalue weighted by Crippen LogP contribution is 2.22. The van der Waals surface area contributed by atoms with Crippen LogP contribution in [-0.4, -0.2) is 67.3 Å². The van der Waals surface area contributed by atoms with Crippen molar-refractivity contribution in [2.24, 2.45) is 0 Å². The molecule has 0 saturated carbocycles. The molecular weight excluding hydrogens is 318 g/mol. The molecule has 1 aromatic rings. The van der Waals surface area contributed by atoms with Crippen molar-refractivity contribution in [2.45, 2.75) is 42.7 Å². The van der Waals surface area contributed by atoms with E-state index in [2.05, 4.69) is 22.2 Å². The second-order valence-corrected chi connectivity index (χ2v) is 7.89. The zero-order valence-corrected chi connectivity index (χ0v) is 15.6. The van der Waals surface area contributed by atoms with Gasteiger partial charge in [-0.1, -0.05) is 12.1 Å². The summed E-state index contributed by atoms with van der Waals surface area (Å²) in [6.07, 6.45) is 6.81. The predicted octanol–water partition coefficient (Wildman–Crippen LogP) is 2.70. The van der Waals surface area contributed by atoms with E-state index in [0.717, 1.165) is 23.4 Å². The third kappa shape index (κ3) is 4.32. The van der Waals surface area contributed by atoms with Gasteiger partial charge >= 0.3 is 0 Å². The van der Waals surface area contributed by atoms with E-state index in [0.29, 0.717) is 6.04 Å². The lowest BCUT2D eigenvalue weighted by atomic mass is 9.98. The van der Waals surface area contributed by atoms with Crippen LogP contribution in [0.3, 0.4) is 0 Å². The fraction of sp³-hybridized carbons (Fsp3) is 0.632. The molecule has 24 heavy (non-hydrogen) atoms. The minimum Gasteiger partial charge on any atom is -0.348 e. The maximum absolute atomic E-state index is 12.7. The Morgan fingerprint density at radius 1 is 1.17 bits per heavy atom. The number of nitrogens with one attached hydrogen (secondary N) is 1. The number of hydrogen-bond acceptors (Lipinski definition) is 4. The molecule has 1 unspecified atom stereocenters. The van der Waals surface area contributed by atoms with Crippen LogP contribution in [0, 0.1) is 0 Å². The van der Waals surface area contributed by atoms with E-state index in [1.54, 1.807) is 11.8 Å². The smallest absolute Gasteiger partial charge is 0.252 e. The molecule has 0 aromatic heterocycles. The lowest BCUT2D eigenvalue weighted by Gasteiger charge is -2.41. The van der Waals surface area contributed by atoms with Gasteiger partial charge < -0.3 is 10.2 Å². The minimum atomic E-state index is 0.0789. The van der Waals surface area contributed by atoms with Crippen molar-refractivity contribution in [3.05, 3.63) is 29.8 Å². The van der Waals surface area contributed by atoms with Crippen molar-refractivity contribution in [1.82, 2.24) is 15.1 Å². The van der Waals surface area contributed by atoms with Crippen LogP contribution in [0.4, 0.5) is 0 Å². The van der Waals surface area contributed by atoms with Gasteiger partial charge in [0.05, 0.1) is 5.56 Å². The van der Waals surface area contributed by atoms with Crippen LogP contribution in [0.1, 0.15) is 36.0 Å². The van der Waals surface area contributed by atoms with Crippen LogP contribution in [-0.2, 0) is 0 Å². The molecule has 0 spiro atoms. The standard InChI is InChI=1S/C19H29N3OS/c1-21-12-9-16(10-13-21)22-11-5-6-15(14-22)20-19(23)17-7-3-4-8-18(17)24-2/h3-4,7-8,15-16H,5-6,9-14H2,1-2H3,(H,20,23). The molecule has 2 saturated heterocycles. The van der Waals surface area contributed by atoms with Gasteiger partial charge in [-0.2, -0.15) is 0 Å². The third-order valence-corrected chi connectivity index (χ3v) is 6.14. The zero-order valence-electron chi connectivity index (χ0n) is 14.8. The SMILES string of the molecule is CSc1ccccc1C(=O)NC1CCCN(C2CCN(C)CC2)C1. The van der Waals surface area contributed by atoms with Gasteiger partial charge in [0.25, 0.3) is 5.91 Å². The highest BCUT2D eigenvalue weighted by Gasteiger charge is 2.29. The Bertz CT molecular complexity index is 557. The molecule has 5 heteroatoms. The summed E-state index contributed by atoms with van der Waals surface area (Å²) in [5, 5.41) is 3.28. The van der Waals surface area contributed by atoms with E-state index < -0.39 is 0 Å². The van der Waals surface area contributed by atoms with Gasteiger partial charge in [0.1, 0.15) is 0 Å². The first-order chi connectivity index (χ1) is 11.7. The van der Waals surface area contributed by atoms with Gasteiger partial charge in [-0.25, -0.2) is 0 Å². The molecule has 1 aromatic carbocycles. The first-order valence-corrected chi connectivity index (χ1v) is 10.3. The third-order valence-electron chi connectivity index (χ3n) is 5.34. The number of likely N-dealkylation sites (tertiary alicyclic amines) is 2. The Morgan fingerprint density at radius 3 is 2.67 bits per heavy atom. The van der Waals surface area contributed by atoms with Crippen LogP contribution < -0.4 is 5.32 Å². The van der Waals surface area contributed by atoms with Crippen LogP contribution in [0.15, 0.2) is 29.2 Å². The van der Waals surface area contributed by atoms with E-state index in [9.17, 15) is 4.79 Å². The van der Waals surface area contributed by atoms with Gasteiger partial charge in [0.15, 0.2) is 0 Å². The van der Waals surface area contributed by atoms with Gasteiger partial charge in [-0.3, -0.25) is 9.69 Å². The van der Waals surface area contributed by atoms with Crippen molar-refractivity contribution in [3.8, 4) is 0 Å². The van der Waals surface area contributed by atoms with Crippen molar-refractivity contribution in [2.75, 3.05) is 39.5 Å². The van der Waals surface area contributed by atoms with Crippen molar-refractivity contribution < 1.29 is 4.79 Å². The summed E-state index contributed by atoms with van der Waals surface area (Å²) in [6.45, 7) is 4.57. The summed E-state index contributed by atoms with van der Waals surface area (Å²) >= 11 is 1.63. The maximum atomic E-state index is 12.7. The zero-order chi connectivity index (χ0) is 16.9. The van der Waals surface area contributed by atoms with Crippen molar-refractivity contribution in [3.63, 3.8) is 0 Å². The molecule has 1 amide bonds. The van der Waals surface area contributed by atoms with Gasteiger partial charge in [0.2, 0.25) is 0 Å². The average Bonchev–Trinajstić information content (AvgIpc) is 2.62. The molecule has 1 N–H and O–H groups in total. The normalized spacial score (nSPS) is 24.0. The molecule has 0 radical (unpaired) electrons. The van der Waals surface area contributed by atoms with Crippen LogP contribution in [0.25, 0.3) is 0 Å². The second-order valence-electron chi connectivity index (χ2n) is 7.04. The van der Waals surface area contributed by atoms with E-state index in [-0.39, 0.29) is 11.9 Å². The number of carbonyl (C=O) groups is 1. The average molecular weight is 348 g/mol. The molecule has 2 aliphatic rings. The minimum absolute atomic E-state index is 0.0789. The van der Waals surface area contributed by atoms with Crippen molar-refractivity contribution >= 4 is 17.7 Å². The Hall–Kier alpha value is -1.04. The lowest BCUT2D eigenvalue weighted by Crippen LogP contribution is -2.53. The summed E-state index contributed by atoms with van der Waals surface area (Å²) in [5.74, 6) is 0.0789. The van der Waals surface area contributed by atoms with Crippen LogP contribution in [0.5, 0.6) is 0 Å². The highest BCUT2D eigenvalue weighted by molar-refractivity contribution is 7.98. The Balaban J connectivity index is 1.58. The fourth-order valence-corrected chi connectivity index (χ4v) is 4.51. The van der Waals surface area contributed by atoms with Gasteiger partial charge in [-0.15, -0.1) is 11.8 Å². The fourth-order valence-electron chi connectivity index (χ4n) is 3.91. The molecule has 132 valence electrons. The van der Waals surface area contributed by atoms with E-state index >= 15 is 0 Å². The summed E-state index contributed by atoms with van der Waals surface area (Å²) in [4.78, 5) is 18.8. The lowest BCUT2D eigenvalue weighted by molar-refractivity contribution is 0.0764. The monoisotopic (exact) mass is 347 g/mol. The number of amides is 1. The van der Waals surface area contributed by atoms with Crippen molar-refractivity contribution in [1.29, 1.82) is 0 Å². The summed E-state index contributed by atoms with van der Waals surface area (Å²) in [6, 6.07) is 8.86. The first kappa shape index (κ1) is 17.8. The van der Waals surface area contributed by atoms with E-state index in [4.69, 9.17) is 0 Å². The molecule has 0 bridgehead atoms. The predicted molar refractivity (Wildman–Crippen MR) is 101 cm³/mol. The molecule has 2 fully saturated rings. The Morgan fingerprint density at radius 2 is 1.92 bits per heavy atom. The number of nitrogens with zero attached hydrogens (tertiary/aromatic N) is 2. The van der Waals surface area contributed by atoms with Gasteiger partial charge in [-0.05, 0) is 70.8 Å². The number of piperidine rings is 2. The molecule has 2 aliphatic heterocycles. The Kier molecular flexibility index (Phi) is 6.19. The highest BCUT2D eigenvalue weighted by atomic mass is 32.2. The van der Waals surface area contributed by atoms with Gasteiger partial charge in [0, 0.05) is 23.5 Å². The molecular formula is C19H29N3OS. The summed E-state index contributed by atoms with van der Waals surface area (Å²) in [7, 11) is 2.21. The molecule has 4 nitrogen and oxygen atoms in total. The largest absolute Gasteiger partial charge is 0.348 e.